The van der Waals surface area contributed by atoms with Gasteiger partial charge in [0.1, 0.15) is 30.0 Å². The average molecular weight is 434 g/mol. The third-order valence-corrected chi connectivity index (χ3v) is 4.21. The van der Waals surface area contributed by atoms with Crippen molar-refractivity contribution in [3.8, 4) is 5.75 Å². The van der Waals surface area contributed by atoms with E-state index in [0.29, 0.717) is 35.8 Å². The maximum Gasteiger partial charge on any atom is 0.432 e. The highest BCUT2D eigenvalue weighted by Crippen LogP contribution is 2.28. The molecule has 2 aliphatic rings. The second kappa shape index (κ2) is 9.33. The third-order valence-electron chi connectivity index (χ3n) is 3.98. The molecule has 1 aromatic carbocycles. The molecule has 0 aromatic heterocycles. The number of allylic oxidation sites excluding steroid dienone is 1. The molecule has 1 saturated heterocycles. The normalized spacial score (nSPS) is 19.5. The fourth-order valence-corrected chi connectivity index (χ4v) is 2.75. The fourth-order valence-electron chi connectivity index (χ4n) is 2.58. The van der Waals surface area contributed by atoms with E-state index >= 15 is 0 Å². The van der Waals surface area contributed by atoms with Crippen LogP contribution in [-0.4, -0.2) is 57.0 Å². The molecule has 8 nitrogen and oxygen atoms in total. The summed E-state index contributed by atoms with van der Waals surface area (Å²) in [5, 5.41) is 10.7. The molecule has 1 fully saturated rings. The minimum atomic E-state index is -4.53. The van der Waals surface area contributed by atoms with E-state index < -0.39 is 17.9 Å². The van der Waals surface area contributed by atoms with Crippen LogP contribution in [0.2, 0.25) is 5.02 Å². The number of carbonyl (C=O) groups is 1. The molecule has 0 unspecified atom stereocenters. The van der Waals surface area contributed by atoms with Crippen molar-refractivity contribution < 1.29 is 27.4 Å². The summed E-state index contributed by atoms with van der Waals surface area (Å²) in [7, 11) is 0. The maximum atomic E-state index is 12.6. The van der Waals surface area contributed by atoms with Gasteiger partial charge in [-0.3, -0.25) is 5.32 Å². The van der Waals surface area contributed by atoms with Crippen LogP contribution in [0.15, 0.2) is 35.1 Å². The van der Waals surface area contributed by atoms with Crippen molar-refractivity contribution in [1.82, 2.24) is 16.0 Å². The van der Waals surface area contributed by atoms with E-state index in [1.54, 1.807) is 12.1 Å². The monoisotopic (exact) mass is 433 g/mol. The van der Waals surface area contributed by atoms with Crippen LogP contribution >= 0.6 is 11.6 Å². The molecule has 0 saturated carbocycles. The van der Waals surface area contributed by atoms with Crippen LogP contribution in [-0.2, 0) is 4.74 Å². The van der Waals surface area contributed by atoms with Gasteiger partial charge in [0.05, 0.1) is 25.0 Å². The first kappa shape index (κ1) is 21.2. The molecular weight excluding hydrogens is 415 g/mol. The van der Waals surface area contributed by atoms with Gasteiger partial charge in [0, 0.05) is 18.1 Å². The Morgan fingerprint density at radius 1 is 1.38 bits per heavy atom. The van der Waals surface area contributed by atoms with Gasteiger partial charge in [0.25, 0.3) is 0 Å². The first-order valence-electron chi connectivity index (χ1n) is 8.72. The Balaban J connectivity index is 1.60. The lowest BCUT2D eigenvalue weighted by Gasteiger charge is -2.24. The molecule has 0 bridgehead atoms. The van der Waals surface area contributed by atoms with Crippen molar-refractivity contribution in [2.75, 3.05) is 38.2 Å². The van der Waals surface area contributed by atoms with Gasteiger partial charge in [0.15, 0.2) is 0 Å². The predicted octanol–water partition coefficient (Wildman–Crippen LogP) is 2.23. The summed E-state index contributed by atoms with van der Waals surface area (Å²) < 4.78 is 49.0. The number of benzene rings is 1. The van der Waals surface area contributed by atoms with Gasteiger partial charge < -0.3 is 25.4 Å². The quantitative estimate of drug-likeness (QED) is 0.584. The average Bonchev–Trinajstić information content (AvgIpc) is 2.68. The number of rotatable bonds is 4. The molecule has 29 heavy (non-hydrogen) atoms. The molecule has 3 rings (SSSR count). The number of nitrogens with one attached hydrogen (secondary N) is 4. The second-order valence-corrected chi connectivity index (χ2v) is 6.63. The van der Waals surface area contributed by atoms with Gasteiger partial charge in [-0.15, -0.1) is 0 Å². The van der Waals surface area contributed by atoms with Crippen LogP contribution in [0.3, 0.4) is 0 Å². The lowest BCUT2D eigenvalue weighted by molar-refractivity contribution is -0.0967. The molecule has 0 spiro atoms. The van der Waals surface area contributed by atoms with Gasteiger partial charge in [-0.25, -0.2) is 9.79 Å². The van der Waals surface area contributed by atoms with Crippen molar-refractivity contribution in [3.05, 3.63) is 35.1 Å². The number of aliphatic imine (C=N–C) groups is 1. The van der Waals surface area contributed by atoms with Crippen molar-refractivity contribution in [2.45, 2.75) is 12.3 Å². The molecule has 2 heterocycles. The highest BCUT2D eigenvalue weighted by Gasteiger charge is 2.35. The van der Waals surface area contributed by atoms with Crippen LogP contribution in [0.25, 0.3) is 0 Å². The zero-order valence-electron chi connectivity index (χ0n) is 15.1. The number of hydrogen-bond donors (Lipinski definition) is 4. The van der Waals surface area contributed by atoms with E-state index in [-0.39, 0.29) is 25.1 Å². The number of hydrogen-bond acceptors (Lipinski definition) is 6. The Morgan fingerprint density at radius 2 is 2.21 bits per heavy atom. The number of carbonyl (C=O) groups excluding carboxylic acids is 1. The molecular formula is C17H19ClF3N5O3. The number of nitrogens with zero attached hydrogens (tertiary/aromatic N) is 1. The standard InChI is InChI=1S/C17H19ClF3N5O3/c18-10-1-2-13(29-9-11-6-22-3-4-28-11)12(5-10)25-16(27)26-15-8-23-14(7-24-15)17(19,20)21/h1-2,5,7,11,22-23H,3-4,6,8-9H2,(H2,24,25,26,27)/t11-/m0/s1. The Kier molecular flexibility index (Phi) is 6.83. The van der Waals surface area contributed by atoms with Crippen LogP contribution < -0.4 is 26.0 Å². The summed E-state index contributed by atoms with van der Waals surface area (Å²) in [6, 6.07) is 4.01. The number of halogens is 4. The van der Waals surface area contributed by atoms with Crippen LogP contribution in [0, 0.1) is 0 Å². The summed E-state index contributed by atoms with van der Waals surface area (Å²) in [5.74, 6) is 0.406. The van der Waals surface area contributed by atoms with Gasteiger partial charge >= 0.3 is 12.2 Å². The topological polar surface area (TPSA) is 96.0 Å². The SMILES string of the molecule is O=C(NC1=NC=C(C(F)(F)F)NC1)Nc1cc(Cl)ccc1OC[C@@H]1CNCCO1. The van der Waals surface area contributed by atoms with E-state index in [1.165, 1.54) is 6.07 Å². The number of anilines is 1. The minimum absolute atomic E-state index is 0.0293. The predicted molar refractivity (Wildman–Crippen MR) is 101 cm³/mol. The highest BCUT2D eigenvalue weighted by atomic mass is 35.5. The van der Waals surface area contributed by atoms with E-state index in [9.17, 15) is 18.0 Å². The maximum absolute atomic E-state index is 12.6. The first-order valence-corrected chi connectivity index (χ1v) is 9.09. The lowest BCUT2D eigenvalue weighted by atomic mass is 10.3. The second-order valence-electron chi connectivity index (χ2n) is 6.20. The number of morpholine rings is 1. The van der Waals surface area contributed by atoms with Crippen molar-refractivity contribution in [1.29, 1.82) is 0 Å². The van der Waals surface area contributed by atoms with Gasteiger partial charge in [-0.1, -0.05) is 11.6 Å². The number of amidine groups is 1. The number of ether oxygens (including phenoxy) is 2. The van der Waals surface area contributed by atoms with E-state index in [1.807, 2.05) is 0 Å². The molecule has 12 heteroatoms. The van der Waals surface area contributed by atoms with E-state index in [4.69, 9.17) is 21.1 Å². The summed E-state index contributed by atoms with van der Waals surface area (Å²) in [5.41, 5.74) is -0.678. The molecule has 0 radical (unpaired) electrons. The smallest absolute Gasteiger partial charge is 0.432 e. The minimum Gasteiger partial charge on any atom is -0.489 e. The summed E-state index contributed by atoms with van der Waals surface area (Å²) in [6.07, 6.45) is -4.04. The van der Waals surface area contributed by atoms with E-state index in [0.717, 1.165) is 6.54 Å². The van der Waals surface area contributed by atoms with Crippen molar-refractivity contribution >= 4 is 29.2 Å². The largest absolute Gasteiger partial charge is 0.489 e. The number of alkyl halides is 3. The van der Waals surface area contributed by atoms with Crippen LogP contribution in [0.1, 0.15) is 0 Å². The lowest BCUT2D eigenvalue weighted by Crippen LogP contribution is -2.43. The van der Waals surface area contributed by atoms with Crippen LogP contribution in [0.5, 0.6) is 5.75 Å². The van der Waals surface area contributed by atoms with Crippen molar-refractivity contribution in [2.24, 2.45) is 4.99 Å². The molecule has 1 aromatic rings. The highest BCUT2D eigenvalue weighted by molar-refractivity contribution is 6.31. The Bertz CT molecular complexity index is 810. The van der Waals surface area contributed by atoms with Crippen molar-refractivity contribution in [3.63, 3.8) is 0 Å². The first-order chi connectivity index (χ1) is 13.8. The summed E-state index contributed by atoms with van der Waals surface area (Å²) in [6.45, 7) is 2.01. The Hall–Kier alpha value is -2.50. The molecule has 2 amide bonds. The Morgan fingerprint density at radius 3 is 2.86 bits per heavy atom. The number of amides is 2. The van der Waals surface area contributed by atoms with Gasteiger partial charge in [-0.05, 0) is 18.2 Å². The zero-order valence-corrected chi connectivity index (χ0v) is 15.9. The van der Waals surface area contributed by atoms with Gasteiger partial charge in [0.2, 0.25) is 0 Å². The summed E-state index contributed by atoms with van der Waals surface area (Å²) >= 11 is 5.99. The molecule has 2 aliphatic heterocycles. The third kappa shape index (κ3) is 6.24. The molecule has 4 N–H and O–H groups in total. The fraction of sp³-hybridized carbons (Fsp3) is 0.412. The molecule has 158 valence electrons. The van der Waals surface area contributed by atoms with Gasteiger partial charge in [-0.2, -0.15) is 13.2 Å². The van der Waals surface area contributed by atoms with Crippen LogP contribution in [0.4, 0.5) is 23.7 Å². The summed E-state index contributed by atoms with van der Waals surface area (Å²) in [4.78, 5) is 15.8. The molecule has 1 atom stereocenters. The van der Waals surface area contributed by atoms with E-state index in [2.05, 4.69) is 26.3 Å². The zero-order chi connectivity index (χ0) is 20.9. The Labute approximate surface area is 169 Å². The molecule has 0 aliphatic carbocycles. The number of urea groups is 1.